The largest absolute Gasteiger partial charge is 0.481 e. The Kier molecular flexibility index (Phi) is 3.59. The van der Waals surface area contributed by atoms with Crippen LogP contribution in [0.1, 0.15) is 26.3 Å². The third kappa shape index (κ3) is 2.47. The number of aromatic nitrogens is 1. The molecular formula is C15H18ClNO2. The molecule has 0 amide bonds. The molecule has 0 aliphatic carbocycles. The fraction of sp³-hybridized carbons (Fsp3) is 0.400. The second-order valence-corrected chi connectivity index (χ2v) is 5.85. The van der Waals surface area contributed by atoms with Crippen LogP contribution in [-0.2, 0) is 17.8 Å². The van der Waals surface area contributed by atoms with Gasteiger partial charge in [0.1, 0.15) is 0 Å². The summed E-state index contributed by atoms with van der Waals surface area (Å²) < 4.78 is 2.11. The first-order valence-corrected chi connectivity index (χ1v) is 6.74. The molecule has 0 fully saturated rings. The van der Waals surface area contributed by atoms with Crippen LogP contribution in [0.5, 0.6) is 0 Å². The Labute approximate surface area is 117 Å². The molecule has 0 aliphatic rings. The van der Waals surface area contributed by atoms with Gasteiger partial charge in [0.2, 0.25) is 0 Å². The van der Waals surface area contributed by atoms with Crippen LogP contribution in [0.4, 0.5) is 0 Å². The quantitative estimate of drug-likeness (QED) is 0.920. The lowest BCUT2D eigenvalue weighted by Gasteiger charge is -2.18. The number of benzene rings is 1. The highest BCUT2D eigenvalue weighted by molar-refractivity contribution is 6.35. The third-order valence-corrected chi connectivity index (χ3v) is 3.80. The third-order valence-electron chi connectivity index (χ3n) is 3.49. The van der Waals surface area contributed by atoms with E-state index in [0.717, 1.165) is 23.0 Å². The van der Waals surface area contributed by atoms with Crippen molar-refractivity contribution >= 4 is 28.5 Å². The molecule has 1 N–H and O–H groups in total. The SMILES string of the molecule is CCn1cc(CC(C)(C)C(=O)O)c2c(Cl)cccc21. The van der Waals surface area contributed by atoms with Crippen LogP contribution in [-0.4, -0.2) is 15.6 Å². The van der Waals surface area contributed by atoms with Crippen molar-refractivity contribution in [3.05, 3.63) is 35.0 Å². The predicted molar refractivity (Wildman–Crippen MR) is 77.7 cm³/mol. The number of carbonyl (C=O) groups is 1. The van der Waals surface area contributed by atoms with E-state index in [0.29, 0.717) is 11.4 Å². The molecule has 19 heavy (non-hydrogen) atoms. The van der Waals surface area contributed by atoms with Crippen LogP contribution in [0.2, 0.25) is 5.02 Å². The van der Waals surface area contributed by atoms with Gasteiger partial charge < -0.3 is 9.67 Å². The van der Waals surface area contributed by atoms with Crippen molar-refractivity contribution in [3.8, 4) is 0 Å². The van der Waals surface area contributed by atoms with Gasteiger partial charge in [-0.05, 0) is 44.9 Å². The fourth-order valence-corrected chi connectivity index (χ4v) is 2.63. The number of hydrogen-bond donors (Lipinski definition) is 1. The van der Waals surface area contributed by atoms with Crippen molar-refractivity contribution in [1.82, 2.24) is 4.57 Å². The predicted octanol–water partition coefficient (Wildman–Crippen LogP) is 3.97. The summed E-state index contributed by atoms with van der Waals surface area (Å²) in [5, 5.41) is 10.9. The molecule has 1 heterocycles. The molecule has 0 saturated heterocycles. The van der Waals surface area contributed by atoms with Crippen molar-refractivity contribution in [1.29, 1.82) is 0 Å². The van der Waals surface area contributed by atoms with Crippen LogP contribution >= 0.6 is 11.6 Å². The molecule has 0 atom stereocenters. The zero-order chi connectivity index (χ0) is 14.2. The van der Waals surface area contributed by atoms with Crippen LogP contribution < -0.4 is 0 Å². The van der Waals surface area contributed by atoms with Gasteiger partial charge in [0.15, 0.2) is 0 Å². The van der Waals surface area contributed by atoms with Crippen molar-refractivity contribution in [2.45, 2.75) is 33.7 Å². The Balaban J connectivity index is 2.58. The zero-order valence-corrected chi connectivity index (χ0v) is 12.2. The molecule has 1 aromatic heterocycles. The van der Waals surface area contributed by atoms with Crippen LogP contribution in [0.15, 0.2) is 24.4 Å². The van der Waals surface area contributed by atoms with E-state index in [4.69, 9.17) is 11.6 Å². The molecule has 0 aliphatic heterocycles. The van der Waals surface area contributed by atoms with Crippen molar-refractivity contribution in [3.63, 3.8) is 0 Å². The van der Waals surface area contributed by atoms with Gasteiger partial charge in [0, 0.05) is 23.6 Å². The molecule has 0 unspecified atom stereocenters. The number of halogens is 1. The molecule has 4 heteroatoms. The molecular weight excluding hydrogens is 262 g/mol. The molecule has 0 bridgehead atoms. The number of nitrogens with zero attached hydrogens (tertiary/aromatic N) is 1. The van der Waals surface area contributed by atoms with Gasteiger partial charge in [-0.25, -0.2) is 0 Å². The number of aryl methyl sites for hydroxylation is 1. The molecule has 0 saturated carbocycles. The fourth-order valence-electron chi connectivity index (χ4n) is 2.34. The Bertz CT molecular complexity index is 628. The molecule has 0 radical (unpaired) electrons. The van der Waals surface area contributed by atoms with E-state index in [2.05, 4.69) is 11.5 Å². The number of aliphatic carboxylic acids is 1. The van der Waals surface area contributed by atoms with Gasteiger partial charge in [-0.3, -0.25) is 4.79 Å². The van der Waals surface area contributed by atoms with Gasteiger partial charge in [-0.15, -0.1) is 0 Å². The number of hydrogen-bond acceptors (Lipinski definition) is 1. The van der Waals surface area contributed by atoms with Crippen molar-refractivity contribution in [2.24, 2.45) is 5.41 Å². The normalized spacial score (nSPS) is 12.0. The monoisotopic (exact) mass is 279 g/mol. The zero-order valence-electron chi connectivity index (χ0n) is 11.4. The van der Waals surface area contributed by atoms with Gasteiger partial charge >= 0.3 is 5.97 Å². The summed E-state index contributed by atoms with van der Waals surface area (Å²) in [7, 11) is 0. The first kappa shape index (κ1) is 13.9. The Morgan fingerprint density at radius 2 is 2.11 bits per heavy atom. The maximum atomic E-state index is 11.3. The highest BCUT2D eigenvalue weighted by atomic mass is 35.5. The van der Waals surface area contributed by atoms with E-state index in [1.807, 2.05) is 24.4 Å². The molecule has 3 nitrogen and oxygen atoms in total. The van der Waals surface area contributed by atoms with E-state index >= 15 is 0 Å². The Hall–Kier alpha value is -1.48. The van der Waals surface area contributed by atoms with E-state index < -0.39 is 11.4 Å². The van der Waals surface area contributed by atoms with Gasteiger partial charge in [0.05, 0.1) is 10.4 Å². The highest BCUT2D eigenvalue weighted by Crippen LogP contribution is 2.33. The molecule has 2 aromatic rings. The topological polar surface area (TPSA) is 42.2 Å². The first-order chi connectivity index (χ1) is 8.86. The lowest BCUT2D eigenvalue weighted by molar-refractivity contribution is -0.146. The van der Waals surface area contributed by atoms with Gasteiger partial charge in [-0.2, -0.15) is 0 Å². The number of fused-ring (bicyclic) bond motifs is 1. The maximum Gasteiger partial charge on any atom is 0.309 e. The summed E-state index contributed by atoms with van der Waals surface area (Å²) >= 11 is 6.28. The summed E-state index contributed by atoms with van der Waals surface area (Å²) in [5.74, 6) is -0.794. The second kappa shape index (κ2) is 4.89. The minimum Gasteiger partial charge on any atom is -0.481 e. The standard InChI is InChI=1S/C15H18ClNO2/c1-4-17-9-10(8-15(2,3)14(18)19)13-11(16)6-5-7-12(13)17/h5-7,9H,4,8H2,1-3H3,(H,18,19). The summed E-state index contributed by atoms with van der Waals surface area (Å²) in [6.07, 6.45) is 2.48. The molecule has 1 aromatic carbocycles. The first-order valence-electron chi connectivity index (χ1n) is 6.36. The molecule has 102 valence electrons. The lowest BCUT2D eigenvalue weighted by Crippen LogP contribution is -2.26. The smallest absolute Gasteiger partial charge is 0.309 e. The van der Waals surface area contributed by atoms with Crippen molar-refractivity contribution < 1.29 is 9.90 Å². The maximum absolute atomic E-state index is 11.3. The van der Waals surface area contributed by atoms with E-state index in [1.165, 1.54) is 0 Å². The van der Waals surface area contributed by atoms with E-state index in [-0.39, 0.29) is 0 Å². The lowest BCUT2D eigenvalue weighted by atomic mass is 9.86. The number of rotatable bonds is 4. The number of carboxylic acid groups (broad SMARTS) is 1. The number of carboxylic acids is 1. The molecule has 0 spiro atoms. The minimum absolute atomic E-state index is 0.468. The van der Waals surface area contributed by atoms with Crippen LogP contribution in [0, 0.1) is 5.41 Å². The summed E-state index contributed by atoms with van der Waals surface area (Å²) in [5.41, 5.74) is 1.26. The second-order valence-electron chi connectivity index (χ2n) is 5.44. The summed E-state index contributed by atoms with van der Waals surface area (Å²) in [6.45, 7) is 6.37. The Morgan fingerprint density at radius 1 is 1.42 bits per heavy atom. The summed E-state index contributed by atoms with van der Waals surface area (Å²) in [6, 6.07) is 5.78. The highest BCUT2D eigenvalue weighted by Gasteiger charge is 2.29. The van der Waals surface area contributed by atoms with Gasteiger partial charge in [-0.1, -0.05) is 17.7 Å². The minimum atomic E-state index is -0.800. The van der Waals surface area contributed by atoms with Crippen LogP contribution in [0.25, 0.3) is 10.9 Å². The average Bonchev–Trinajstić information content (AvgIpc) is 2.68. The van der Waals surface area contributed by atoms with Crippen LogP contribution in [0.3, 0.4) is 0 Å². The summed E-state index contributed by atoms with van der Waals surface area (Å²) in [4.78, 5) is 11.3. The Morgan fingerprint density at radius 3 is 2.68 bits per heavy atom. The average molecular weight is 280 g/mol. The molecule has 2 rings (SSSR count). The van der Waals surface area contributed by atoms with Crippen molar-refractivity contribution in [2.75, 3.05) is 0 Å². The van der Waals surface area contributed by atoms with E-state index in [1.54, 1.807) is 13.8 Å². The van der Waals surface area contributed by atoms with Gasteiger partial charge in [0.25, 0.3) is 0 Å². The van der Waals surface area contributed by atoms with E-state index in [9.17, 15) is 9.90 Å².